The number of imide groups is 1. The molecule has 0 saturated heterocycles. The van der Waals surface area contributed by atoms with Crippen molar-refractivity contribution < 1.29 is 23.6 Å². The number of hydrogen-bond acceptors (Lipinski definition) is 8. The minimum absolute atomic E-state index is 0.00712. The van der Waals surface area contributed by atoms with Gasteiger partial charge in [-0.05, 0) is 24.3 Å². The zero-order valence-electron chi connectivity index (χ0n) is 14.6. The van der Waals surface area contributed by atoms with Gasteiger partial charge in [0.15, 0.2) is 6.61 Å². The quantitative estimate of drug-likeness (QED) is 0.691. The van der Waals surface area contributed by atoms with Crippen molar-refractivity contribution >= 4 is 29.2 Å². The Labute approximate surface area is 159 Å². The SMILES string of the molecule is O=C(COC(=O)CCc1nc(-c2ccsc2)no1)NC(=O)NC1CCCC1. The van der Waals surface area contributed by atoms with E-state index in [1.54, 1.807) is 0 Å². The maximum Gasteiger partial charge on any atom is 0.321 e. The number of urea groups is 1. The highest BCUT2D eigenvalue weighted by atomic mass is 32.1. The summed E-state index contributed by atoms with van der Waals surface area (Å²) in [4.78, 5) is 39.2. The molecule has 0 atom stereocenters. The Balaban J connectivity index is 1.33. The van der Waals surface area contributed by atoms with E-state index in [1.165, 1.54) is 11.3 Å². The minimum Gasteiger partial charge on any atom is -0.456 e. The fourth-order valence-electron chi connectivity index (χ4n) is 2.75. The van der Waals surface area contributed by atoms with Crippen LogP contribution < -0.4 is 10.6 Å². The Kier molecular flexibility index (Phi) is 6.53. The highest BCUT2D eigenvalue weighted by Crippen LogP contribution is 2.19. The predicted octanol–water partition coefficient (Wildman–Crippen LogP) is 2.04. The molecule has 10 heteroatoms. The van der Waals surface area contributed by atoms with Crippen LogP contribution in [-0.4, -0.2) is 40.7 Å². The Morgan fingerprint density at radius 1 is 1.30 bits per heavy atom. The largest absolute Gasteiger partial charge is 0.456 e. The molecule has 0 spiro atoms. The second-order valence-corrected chi connectivity index (χ2v) is 6.97. The van der Waals surface area contributed by atoms with Crippen molar-refractivity contribution in [1.82, 2.24) is 20.8 Å². The highest BCUT2D eigenvalue weighted by molar-refractivity contribution is 7.08. The molecule has 1 saturated carbocycles. The summed E-state index contributed by atoms with van der Waals surface area (Å²) in [6, 6.07) is 1.41. The molecule has 2 heterocycles. The molecule has 0 aliphatic heterocycles. The molecule has 3 amide bonds. The van der Waals surface area contributed by atoms with E-state index in [2.05, 4.69) is 20.8 Å². The number of nitrogens with one attached hydrogen (secondary N) is 2. The maximum atomic E-state index is 11.7. The van der Waals surface area contributed by atoms with Crippen molar-refractivity contribution in [3.63, 3.8) is 0 Å². The third-order valence-corrected chi connectivity index (χ3v) is 4.78. The van der Waals surface area contributed by atoms with E-state index in [0.29, 0.717) is 11.7 Å². The predicted molar refractivity (Wildman–Crippen MR) is 95.8 cm³/mol. The number of hydrogen-bond donors (Lipinski definition) is 2. The molecule has 2 aromatic rings. The highest BCUT2D eigenvalue weighted by Gasteiger charge is 2.19. The van der Waals surface area contributed by atoms with Gasteiger partial charge >= 0.3 is 12.0 Å². The number of aromatic nitrogens is 2. The molecule has 0 bridgehead atoms. The molecule has 1 aliphatic rings. The fourth-order valence-corrected chi connectivity index (χ4v) is 3.38. The second kappa shape index (κ2) is 9.26. The zero-order chi connectivity index (χ0) is 19.1. The molecule has 0 radical (unpaired) electrons. The van der Waals surface area contributed by atoms with Gasteiger partial charge in [0.25, 0.3) is 5.91 Å². The summed E-state index contributed by atoms with van der Waals surface area (Å²) >= 11 is 1.52. The Bertz CT molecular complexity index is 783. The van der Waals surface area contributed by atoms with Gasteiger partial charge < -0.3 is 14.6 Å². The lowest BCUT2D eigenvalue weighted by molar-refractivity contribution is -0.148. The monoisotopic (exact) mass is 392 g/mol. The van der Waals surface area contributed by atoms with E-state index in [1.807, 2.05) is 16.8 Å². The van der Waals surface area contributed by atoms with Gasteiger partial charge in [0, 0.05) is 23.4 Å². The third kappa shape index (κ3) is 5.88. The summed E-state index contributed by atoms with van der Waals surface area (Å²) in [6.07, 6.45) is 4.18. The van der Waals surface area contributed by atoms with Gasteiger partial charge in [0.05, 0.1) is 6.42 Å². The lowest BCUT2D eigenvalue weighted by Gasteiger charge is -2.12. The summed E-state index contributed by atoms with van der Waals surface area (Å²) in [7, 11) is 0. The van der Waals surface area contributed by atoms with Gasteiger partial charge in [-0.25, -0.2) is 4.79 Å². The number of thiophene rings is 1. The standard InChI is InChI=1S/C17H20N4O5S/c22-13(19-17(24)18-12-3-1-2-4-12)9-25-15(23)6-5-14-20-16(21-26-14)11-7-8-27-10-11/h7-8,10,12H,1-6,9H2,(H2,18,19,22,24). The van der Waals surface area contributed by atoms with Gasteiger partial charge in [0.1, 0.15) is 0 Å². The maximum absolute atomic E-state index is 11.7. The fraction of sp³-hybridized carbons (Fsp3) is 0.471. The number of rotatable bonds is 7. The molecule has 1 aliphatic carbocycles. The van der Waals surface area contributed by atoms with Gasteiger partial charge in [-0.1, -0.05) is 18.0 Å². The first-order chi connectivity index (χ1) is 13.1. The summed E-state index contributed by atoms with van der Waals surface area (Å²) in [6.45, 7) is -0.513. The molecule has 0 unspecified atom stereocenters. The van der Waals surface area contributed by atoms with E-state index in [9.17, 15) is 14.4 Å². The van der Waals surface area contributed by atoms with E-state index >= 15 is 0 Å². The van der Waals surface area contributed by atoms with E-state index in [-0.39, 0.29) is 18.9 Å². The molecule has 9 nitrogen and oxygen atoms in total. The van der Waals surface area contributed by atoms with Crippen LogP contribution in [0.25, 0.3) is 11.4 Å². The summed E-state index contributed by atoms with van der Waals surface area (Å²) in [5.41, 5.74) is 0.852. The number of amides is 3. The van der Waals surface area contributed by atoms with Gasteiger partial charge in [-0.15, -0.1) is 0 Å². The number of esters is 1. The number of aryl methyl sites for hydroxylation is 1. The van der Waals surface area contributed by atoms with Crippen LogP contribution in [0, 0.1) is 0 Å². The Morgan fingerprint density at radius 2 is 2.11 bits per heavy atom. The Morgan fingerprint density at radius 3 is 2.85 bits per heavy atom. The number of carbonyl (C=O) groups is 3. The third-order valence-electron chi connectivity index (χ3n) is 4.10. The van der Waals surface area contributed by atoms with Crippen LogP contribution in [0.4, 0.5) is 4.79 Å². The van der Waals surface area contributed by atoms with Crippen molar-refractivity contribution in [1.29, 1.82) is 0 Å². The summed E-state index contributed by atoms with van der Waals surface area (Å²) in [5, 5.41) is 12.5. The molecule has 0 aromatic carbocycles. The van der Waals surface area contributed by atoms with Crippen LogP contribution >= 0.6 is 11.3 Å². The van der Waals surface area contributed by atoms with Crippen LogP contribution in [0.1, 0.15) is 38.0 Å². The molecule has 27 heavy (non-hydrogen) atoms. The van der Waals surface area contributed by atoms with Crippen LogP contribution in [-0.2, 0) is 20.7 Å². The van der Waals surface area contributed by atoms with Gasteiger partial charge in [-0.3, -0.25) is 14.9 Å². The molecule has 3 rings (SSSR count). The first-order valence-corrected chi connectivity index (χ1v) is 9.65. The second-order valence-electron chi connectivity index (χ2n) is 6.19. The van der Waals surface area contributed by atoms with Gasteiger partial charge in [0.2, 0.25) is 11.7 Å². The molecule has 2 aromatic heterocycles. The summed E-state index contributed by atoms with van der Waals surface area (Å²) < 4.78 is 9.94. The van der Waals surface area contributed by atoms with Gasteiger partial charge in [-0.2, -0.15) is 16.3 Å². The van der Waals surface area contributed by atoms with Crippen molar-refractivity contribution in [3.05, 3.63) is 22.7 Å². The molecule has 144 valence electrons. The van der Waals surface area contributed by atoms with Crippen LogP contribution in [0.2, 0.25) is 0 Å². The van der Waals surface area contributed by atoms with Crippen molar-refractivity contribution in [2.75, 3.05) is 6.61 Å². The lowest BCUT2D eigenvalue weighted by atomic mass is 10.2. The molecule has 2 N–H and O–H groups in total. The van der Waals surface area contributed by atoms with E-state index in [0.717, 1.165) is 31.2 Å². The number of carbonyl (C=O) groups excluding carboxylic acids is 3. The number of ether oxygens (including phenoxy) is 1. The van der Waals surface area contributed by atoms with Crippen molar-refractivity contribution in [2.24, 2.45) is 0 Å². The van der Waals surface area contributed by atoms with E-state index < -0.39 is 24.5 Å². The topological polar surface area (TPSA) is 123 Å². The molecule has 1 fully saturated rings. The average molecular weight is 392 g/mol. The Hall–Kier alpha value is -2.75. The minimum atomic E-state index is -0.670. The van der Waals surface area contributed by atoms with Crippen molar-refractivity contribution in [3.8, 4) is 11.4 Å². The van der Waals surface area contributed by atoms with Crippen LogP contribution in [0.5, 0.6) is 0 Å². The molecular weight excluding hydrogens is 372 g/mol. The first-order valence-electron chi connectivity index (χ1n) is 8.71. The van der Waals surface area contributed by atoms with Crippen molar-refractivity contribution in [2.45, 2.75) is 44.6 Å². The van der Waals surface area contributed by atoms with Crippen LogP contribution in [0.15, 0.2) is 21.3 Å². The normalized spacial score (nSPS) is 14.1. The van der Waals surface area contributed by atoms with E-state index in [4.69, 9.17) is 9.26 Å². The smallest absolute Gasteiger partial charge is 0.321 e. The van der Waals surface area contributed by atoms with Crippen LogP contribution in [0.3, 0.4) is 0 Å². The zero-order valence-corrected chi connectivity index (χ0v) is 15.4. The molecular formula is C17H20N4O5S. The average Bonchev–Trinajstić information content (AvgIpc) is 3.39. The lowest BCUT2D eigenvalue weighted by Crippen LogP contribution is -2.45. The first kappa shape index (κ1) is 19.0. The number of nitrogens with zero attached hydrogens (tertiary/aromatic N) is 2. The summed E-state index contributed by atoms with van der Waals surface area (Å²) in [5.74, 6) is -0.478.